The molecule has 1 aliphatic heterocycles. The Morgan fingerprint density at radius 2 is 2.00 bits per heavy atom. The van der Waals surface area contributed by atoms with Crippen molar-refractivity contribution in [2.24, 2.45) is 11.3 Å². The van der Waals surface area contributed by atoms with Gasteiger partial charge in [-0.1, -0.05) is 25.9 Å². The van der Waals surface area contributed by atoms with Crippen molar-refractivity contribution in [1.82, 2.24) is 10.1 Å². The molecule has 1 aliphatic carbocycles. The third kappa shape index (κ3) is 2.36. The number of likely N-dealkylation sites (tertiary alicyclic amines) is 1. The first kappa shape index (κ1) is 13.7. The molecule has 0 aromatic carbocycles. The van der Waals surface area contributed by atoms with Crippen LogP contribution < -0.4 is 0 Å². The van der Waals surface area contributed by atoms with Crippen LogP contribution in [0.15, 0.2) is 4.52 Å². The molecule has 0 bridgehead atoms. The first-order valence-corrected chi connectivity index (χ1v) is 7.73. The summed E-state index contributed by atoms with van der Waals surface area (Å²) < 4.78 is 5.43. The van der Waals surface area contributed by atoms with E-state index >= 15 is 0 Å². The highest BCUT2D eigenvalue weighted by Gasteiger charge is 2.35. The van der Waals surface area contributed by atoms with Gasteiger partial charge >= 0.3 is 0 Å². The molecule has 1 unspecified atom stereocenters. The van der Waals surface area contributed by atoms with Gasteiger partial charge in [0.05, 0.1) is 0 Å². The number of hydrogen-bond donors (Lipinski definition) is 0. The van der Waals surface area contributed by atoms with Gasteiger partial charge in [0.15, 0.2) is 5.69 Å². The van der Waals surface area contributed by atoms with Crippen molar-refractivity contribution in [2.75, 3.05) is 13.1 Å². The van der Waals surface area contributed by atoms with Crippen molar-refractivity contribution in [3.8, 4) is 0 Å². The summed E-state index contributed by atoms with van der Waals surface area (Å²) in [5.41, 5.74) is 1.92. The smallest absolute Gasteiger partial charge is 0.276 e. The van der Waals surface area contributed by atoms with E-state index in [1.54, 1.807) is 0 Å². The Morgan fingerprint density at radius 1 is 1.30 bits per heavy atom. The second kappa shape index (κ2) is 4.90. The van der Waals surface area contributed by atoms with Crippen LogP contribution in [0.1, 0.15) is 61.8 Å². The minimum absolute atomic E-state index is 0.0714. The molecule has 1 atom stereocenters. The second-order valence-electron chi connectivity index (χ2n) is 7.24. The highest BCUT2D eigenvalue weighted by molar-refractivity contribution is 5.94. The number of aryl methyl sites for hydroxylation is 1. The Balaban J connectivity index is 1.85. The maximum absolute atomic E-state index is 12.5. The van der Waals surface area contributed by atoms with E-state index < -0.39 is 0 Å². The zero-order valence-electron chi connectivity index (χ0n) is 12.7. The minimum Gasteiger partial charge on any atom is -0.360 e. The average Bonchev–Trinajstić information content (AvgIpc) is 3.06. The van der Waals surface area contributed by atoms with Gasteiger partial charge in [-0.15, -0.1) is 0 Å². The van der Waals surface area contributed by atoms with Gasteiger partial charge in [-0.25, -0.2) is 0 Å². The number of aromatic nitrogens is 1. The number of rotatable bonds is 1. The zero-order chi connectivity index (χ0) is 14.3. The van der Waals surface area contributed by atoms with Crippen molar-refractivity contribution < 1.29 is 9.32 Å². The average molecular weight is 276 g/mol. The van der Waals surface area contributed by atoms with E-state index in [0.29, 0.717) is 11.6 Å². The SMILES string of the molecule is CC(C)(C)C1CCc2onc(C(=O)N3CCCC3)c2C1. The van der Waals surface area contributed by atoms with Gasteiger partial charge in [0.1, 0.15) is 5.76 Å². The molecule has 1 amide bonds. The summed E-state index contributed by atoms with van der Waals surface area (Å²) in [5, 5.41) is 4.09. The Kier molecular flexibility index (Phi) is 3.35. The Bertz CT molecular complexity index is 507. The fourth-order valence-corrected chi connectivity index (χ4v) is 3.38. The van der Waals surface area contributed by atoms with Gasteiger partial charge < -0.3 is 9.42 Å². The molecule has 0 saturated carbocycles. The number of hydrogen-bond acceptors (Lipinski definition) is 3. The predicted molar refractivity (Wildman–Crippen MR) is 76.6 cm³/mol. The third-order valence-electron chi connectivity index (χ3n) is 4.86. The molecule has 110 valence electrons. The maximum Gasteiger partial charge on any atom is 0.276 e. The summed E-state index contributed by atoms with van der Waals surface area (Å²) in [6.45, 7) is 8.56. The molecular weight excluding hydrogens is 252 g/mol. The summed E-state index contributed by atoms with van der Waals surface area (Å²) >= 11 is 0. The van der Waals surface area contributed by atoms with Gasteiger partial charge in [0.25, 0.3) is 5.91 Å². The topological polar surface area (TPSA) is 46.3 Å². The van der Waals surface area contributed by atoms with E-state index in [9.17, 15) is 4.79 Å². The second-order valence-corrected chi connectivity index (χ2v) is 7.24. The van der Waals surface area contributed by atoms with E-state index in [1.165, 1.54) is 0 Å². The van der Waals surface area contributed by atoms with Crippen LogP contribution in [-0.4, -0.2) is 29.1 Å². The van der Waals surface area contributed by atoms with Crippen LogP contribution in [0.4, 0.5) is 0 Å². The number of nitrogens with zero attached hydrogens (tertiary/aromatic N) is 2. The van der Waals surface area contributed by atoms with Crippen LogP contribution >= 0.6 is 0 Å². The molecule has 1 fully saturated rings. The van der Waals surface area contributed by atoms with Crippen molar-refractivity contribution in [3.63, 3.8) is 0 Å². The molecule has 20 heavy (non-hydrogen) atoms. The van der Waals surface area contributed by atoms with Gasteiger partial charge in [0.2, 0.25) is 0 Å². The highest BCUT2D eigenvalue weighted by atomic mass is 16.5. The maximum atomic E-state index is 12.5. The molecule has 2 aliphatic rings. The van der Waals surface area contributed by atoms with Crippen molar-refractivity contribution in [3.05, 3.63) is 17.0 Å². The standard InChI is InChI=1S/C16H24N2O2/c1-16(2,3)11-6-7-13-12(10-11)14(17-20-13)15(19)18-8-4-5-9-18/h11H,4-10H2,1-3H3. The fraction of sp³-hybridized carbons (Fsp3) is 0.750. The zero-order valence-corrected chi connectivity index (χ0v) is 12.7. The number of carbonyl (C=O) groups is 1. The van der Waals surface area contributed by atoms with E-state index in [4.69, 9.17) is 4.52 Å². The first-order valence-electron chi connectivity index (χ1n) is 7.73. The van der Waals surface area contributed by atoms with Gasteiger partial charge in [0, 0.05) is 25.1 Å². The Morgan fingerprint density at radius 3 is 2.65 bits per heavy atom. The van der Waals surface area contributed by atoms with Crippen LogP contribution in [0.5, 0.6) is 0 Å². The summed E-state index contributed by atoms with van der Waals surface area (Å²) in [6.07, 6.45) is 5.19. The number of amides is 1. The molecule has 0 spiro atoms. The van der Waals surface area contributed by atoms with E-state index in [2.05, 4.69) is 25.9 Å². The number of fused-ring (bicyclic) bond motifs is 1. The monoisotopic (exact) mass is 276 g/mol. The normalized spacial score (nSPS) is 22.9. The lowest BCUT2D eigenvalue weighted by molar-refractivity contribution is 0.0781. The predicted octanol–water partition coefficient (Wildman–Crippen LogP) is 3.06. The largest absolute Gasteiger partial charge is 0.360 e. The van der Waals surface area contributed by atoms with Crippen LogP contribution in [0.2, 0.25) is 0 Å². The molecule has 1 aromatic heterocycles. The molecule has 1 aromatic rings. The Hall–Kier alpha value is -1.32. The molecule has 0 N–H and O–H groups in total. The van der Waals surface area contributed by atoms with Gasteiger partial charge in [-0.2, -0.15) is 0 Å². The lowest BCUT2D eigenvalue weighted by Crippen LogP contribution is -2.31. The van der Waals surface area contributed by atoms with Crippen molar-refractivity contribution >= 4 is 5.91 Å². The Labute approximate surface area is 120 Å². The highest BCUT2D eigenvalue weighted by Crippen LogP contribution is 2.38. The lowest BCUT2D eigenvalue weighted by Gasteiger charge is -2.33. The van der Waals surface area contributed by atoms with Gasteiger partial charge in [-0.3, -0.25) is 4.79 Å². The van der Waals surface area contributed by atoms with E-state index in [0.717, 1.165) is 56.5 Å². The van der Waals surface area contributed by atoms with Crippen LogP contribution in [0, 0.1) is 11.3 Å². The van der Waals surface area contributed by atoms with Crippen LogP contribution in [0.3, 0.4) is 0 Å². The summed E-state index contributed by atoms with van der Waals surface area (Å²) in [7, 11) is 0. The quantitative estimate of drug-likeness (QED) is 0.792. The lowest BCUT2D eigenvalue weighted by atomic mass is 9.71. The molecule has 4 nitrogen and oxygen atoms in total. The summed E-state index contributed by atoms with van der Waals surface area (Å²) in [5.74, 6) is 1.61. The molecule has 3 rings (SSSR count). The fourth-order valence-electron chi connectivity index (χ4n) is 3.38. The summed E-state index contributed by atoms with van der Waals surface area (Å²) in [4.78, 5) is 14.5. The summed E-state index contributed by atoms with van der Waals surface area (Å²) in [6, 6.07) is 0. The third-order valence-corrected chi connectivity index (χ3v) is 4.86. The van der Waals surface area contributed by atoms with Crippen molar-refractivity contribution in [2.45, 2.75) is 52.9 Å². The number of carbonyl (C=O) groups excluding carboxylic acids is 1. The molecule has 1 saturated heterocycles. The minimum atomic E-state index is 0.0714. The molecule has 2 heterocycles. The van der Waals surface area contributed by atoms with E-state index in [1.807, 2.05) is 4.90 Å². The van der Waals surface area contributed by atoms with Gasteiger partial charge in [-0.05, 0) is 37.0 Å². The first-order chi connectivity index (χ1) is 9.47. The van der Waals surface area contributed by atoms with Crippen LogP contribution in [-0.2, 0) is 12.8 Å². The van der Waals surface area contributed by atoms with E-state index in [-0.39, 0.29) is 11.3 Å². The van der Waals surface area contributed by atoms with Crippen molar-refractivity contribution in [1.29, 1.82) is 0 Å². The molecule has 4 heteroatoms. The molecular formula is C16H24N2O2. The van der Waals surface area contributed by atoms with Crippen LogP contribution in [0.25, 0.3) is 0 Å². The molecule has 0 radical (unpaired) electrons.